The molecule has 0 aliphatic rings. The van der Waals surface area contributed by atoms with Gasteiger partial charge in [0.1, 0.15) is 16.7 Å². The Morgan fingerprint density at radius 2 is 2.25 bits per heavy atom. The molecule has 0 spiro atoms. The van der Waals surface area contributed by atoms with Crippen molar-refractivity contribution in [1.82, 2.24) is 19.9 Å². The van der Waals surface area contributed by atoms with E-state index in [4.69, 9.17) is 5.73 Å². The van der Waals surface area contributed by atoms with Crippen LogP contribution in [0.2, 0.25) is 0 Å². The fraction of sp³-hybridized carbons (Fsp3) is 0.111. The van der Waals surface area contributed by atoms with Crippen molar-refractivity contribution in [3.63, 3.8) is 0 Å². The average molecular weight is 235 g/mol. The van der Waals surface area contributed by atoms with Crippen LogP contribution in [0.3, 0.4) is 0 Å². The maximum atomic E-state index is 11.0. The summed E-state index contributed by atoms with van der Waals surface area (Å²) in [4.78, 5) is 25.8. The quantitative estimate of drug-likeness (QED) is 0.584. The van der Waals surface area contributed by atoms with Gasteiger partial charge in [0, 0.05) is 18.3 Å². The molecule has 0 amide bonds. The van der Waals surface area contributed by atoms with E-state index in [1.807, 2.05) is 0 Å². The van der Waals surface area contributed by atoms with Gasteiger partial charge in [-0.15, -0.1) is 0 Å². The summed E-state index contributed by atoms with van der Waals surface area (Å²) in [7, 11) is 0. The Morgan fingerprint density at radius 3 is 2.94 bits per heavy atom. The highest BCUT2D eigenvalue weighted by molar-refractivity contribution is 7.99. The van der Waals surface area contributed by atoms with Gasteiger partial charge in [0.25, 0.3) is 5.56 Å². The molecule has 2 aromatic rings. The first-order valence-electron chi connectivity index (χ1n) is 4.48. The number of aryl methyl sites for hydroxylation is 1. The van der Waals surface area contributed by atoms with E-state index in [-0.39, 0.29) is 5.56 Å². The number of nitrogens with one attached hydrogen (secondary N) is 1. The molecule has 0 saturated heterocycles. The minimum atomic E-state index is -0.198. The van der Waals surface area contributed by atoms with E-state index in [0.29, 0.717) is 21.8 Å². The van der Waals surface area contributed by atoms with Gasteiger partial charge in [0.05, 0.1) is 0 Å². The molecule has 0 fully saturated rings. The summed E-state index contributed by atoms with van der Waals surface area (Å²) in [6.45, 7) is 1.75. The first-order valence-corrected chi connectivity index (χ1v) is 5.29. The van der Waals surface area contributed by atoms with Crippen molar-refractivity contribution < 1.29 is 0 Å². The Kier molecular flexibility index (Phi) is 2.86. The largest absolute Gasteiger partial charge is 0.384 e. The molecule has 0 radical (unpaired) electrons. The molecular weight excluding hydrogens is 226 g/mol. The first-order chi connectivity index (χ1) is 7.63. The zero-order valence-corrected chi connectivity index (χ0v) is 9.28. The number of nitrogen functional groups attached to an aromatic ring is 1. The van der Waals surface area contributed by atoms with E-state index in [0.717, 1.165) is 0 Å². The minimum absolute atomic E-state index is 0.198. The third-order valence-corrected chi connectivity index (χ3v) is 2.50. The Bertz CT molecular complexity index is 548. The lowest BCUT2D eigenvalue weighted by atomic mass is 10.5. The second-order valence-corrected chi connectivity index (χ2v) is 4.03. The molecule has 7 heteroatoms. The van der Waals surface area contributed by atoms with Crippen LogP contribution in [0, 0.1) is 6.92 Å². The molecule has 6 nitrogen and oxygen atoms in total. The maximum absolute atomic E-state index is 11.0. The lowest BCUT2D eigenvalue weighted by Crippen LogP contribution is -2.05. The van der Waals surface area contributed by atoms with Crippen molar-refractivity contribution in [3.8, 4) is 0 Å². The summed E-state index contributed by atoms with van der Waals surface area (Å²) in [6.07, 6.45) is 1.44. The highest BCUT2D eigenvalue weighted by Crippen LogP contribution is 2.22. The molecule has 3 N–H and O–H groups in total. The predicted octanol–water partition coefficient (Wildman–Crippen LogP) is 0.602. The third kappa shape index (κ3) is 2.57. The molecule has 2 rings (SSSR count). The normalized spacial score (nSPS) is 10.3. The van der Waals surface area contributed by atoms with Crippen LogP contribution in [-0.4, -0.2) is 19.9 Å². The predicted molar refractivity (Wildman–Crippen MR) is 60.2 cm³/mol. The fourth-order valence-electron chi connectivity index (χ4n) is 1.12. The molecule has 2 heterocycles. The van der Waals surface area contributed by atoms with Gasteiger partial charge < -0.3 is 10.7 Å². The molecule has 0 unspecified atom stereocenters. The number of H-pyrrole nitrogens is 1. The van der Waals surface area contributed by atoms with E-state index in [1.165, 1.54) is 24.0 Å². The summed E-state index contributed by atoms with van der Waals surface area (Å²) in [6, 6.07) is 2.98. The molecule has 0 saturated carbocycles. The second kappa shape index (κ2) is 4.31. The summed E-state index contributed by atoms with van der Waals surface area (Å²) < 4.78 is 0. The standard InChI is InChI=1S/C9H9N5OS/c1-5-12-6(10)4-8(13-5)16-9-11-3-2-7(15)14-9/h2-4H,1H3,(H2,10,12,13)(H,11,14,15). The molecular formula is C9H9N5OS. The number of nitrogens with zero attached hydrogens (tertiary/aromatic N) is 3. The Labute approximate surface area is 95.4 Å². The Hall–Kier alpha value is -1.89. The van der Waals surface area contributed by atoms with Crippen LogP contribution >= 0.6 is 11.8 Å². The highest BCUT2D eigenvalue weighted by Gasteiger charge is 2.03. The van der Waals surface area contributed by atoms with Crippen molar-refractivity contribution in [1.29, 1.82) is 0 Å². The summed E-state index contributed by atoms with van der Waals surface area (Å²) in [5, 5.41) is 1.13. The molecule has 0 aromatic carbocycles. The van der Waals surface area contributed by atoms with Gasteiger partial charge in [0.2, 0.25) is 0 Å². The van der Waals surface area contributed by atoms with Crippen LogP contribution in [0.5, 0.6) is 0 Å². The lowest BCUT2D eigenvalue weighted by Gasteiger charge is -2.01. The number of nitrogens with two attached hydrogens (primary N) is 1. The number of anilines is 1. The number of aromatic amines is 1. The van der Waals surface area contributed by atoms with E-state index < -0.39 is 0 Å². The van der Waals surface area contributed by atoms with Crippen molar-refractivity contribution in [3.05, 3.63) is 34.5 Å². The zero-order chi connectivity index (χ0) is 11.5. The lowest BCUT2D eigenvalue weighted by molar-refractivity contribution is 0.921. The molecule has 0 aliphatic carbocycles. The van der Waals surface area contributed by atoms with Gasteiger partial charge in [0.15, 0.2) is 5.16 Å². The summed E-state index contributed by atoms with van der Waals surface area (Å²) in [5.41, 5.74) is 5.39. The maximum Gasteiger partial charge on any atom is 0.251 e. The first kappa shape index (κ1) is 10.6. The van der Waals surface area contributed by atoms with Gasteiger partial charge in [-0.2, -0.15) is 0 Å². The van der Waals surface area contributed by atoms with E-state index in [1.54, 1.807) is 13.0 Å². The van der Waals surface area contributed by atoms with Crippen LogP contribution in [0.25, 0.3) is 0 Å². The molecule has 16 heavy (non-hydrogen) atoms. The Balaban J connectivity index is 2.30. The smallest absolute Gasteiger partial charge is 0.251 e. The van der Waals surface area contributed by atoms with E-state index in [2.05, 4.69) is 19.9 Å². The van der Waals surface area contributed by atoms with Crippen molar-refractivity contribution >= 4 is 17.6 Å². The number of hydrogen-bond donors (Lipinski definition) is 2. The van der Waals surface area contributed by atoms with Gasteiger partial charge in [-0.25, -0.2) is 15.0 Å². The topological polar surface area (TPSA) is 97.5 Å². The van der Waals surface area contributed by atoms with Crippen LogP contribution in [0.15, 0.2) is 33.3 Å². The van der Waals surface area contributed by atoms with Crippen LogP contribution < -0.4 is 11.3 Å². The molecule has 0 aliphatic heterocycles. The third-order valence-electron chi connectivity index (χ3n) is 1.68. The van der Waals surface area contributed by atoms with Gasteiger partial charge in [-0.05, 0) is 18.7 Å². The van der Waals surface area contributed by atoms with Crippen LogP contribution in [0.1, 0.15) is 5.82 Å². The van der Waals surface area contributed by atoms with Gasteiger partial charge >= 0.3 is 0 Å². The van der Waals surface area contributed by atoms with Crippen LogP contribution in [-0.2, 0) is 0 Å². The molecule has 0 bridgehead atoms. The van der Waals surface area contributed by atoms with Gasteiger partial charge in [-0.3, -0.25) is 4.79 Å². The van der Waals surface area contributed by atoms with Crippen molar-refractivity contribution in [2.24, 2.45) is 0 Å². The highest BCUT2D eigenvalue weighted by atomic mass is 32.2. The average Bonchev–Trinajstić information content (AvgIpc) is 2.15. The van der Waals surface area contributed by atoms with Crippen LogP contribution in [0.4, 0.5) is 5.82 Å². The fourth-order valence-corrected chi connectivity index (χ4v) is 1.94. The monoisotopic (exact) mass is 235 g/mol. The SMILES string of the molecule is Cc1nc(N)cc(Sc2nccc(=O)[nH]2)n1. The minimum Gasteiger partial charge on any atom is -0.384 e. The Morgan fingerprint density at radius 1 is 1.44 bits per heavy atom. The van der Waals surface area contributed by atoms with Gasteiger partial charge in [-0.1, -0.05) is 0 Å². The zero-order valence-electron chi connectivity index (χ0n) is 8.47. The van der Waals surface area contributed by atoms with E-state index >= 15 is 0 Å². The molecule has 0 atom stereocenters. The second-order valence-electron chi connectivity index (χ2n) is 3.02. The van der Waals surface area contributed by atoms with E-state index in [9.17, 15) is 4.79 Å². The van der Waals surface area contributed by atoms with Crippen molar-refractivity contribution in [2.75, 3.05) is 5.73 Å². The molecule has 82 valence electrons. The summed E-state index contributed by atoms with van der Waals surface area (Å²) in [5.74, 6) is 0.981. The number of aromatic nitrogens is 4. The molecule has 2 aromatic heterocycles. The van der Waals surface area contributed by atoms with Crippen molar-refractivity contribution in [2.45, 2.75) is 17.1 Å². The number of rotatable bonds is 2. The summed E-state index contributed by atoms with van der Waals surface area (Å²) >= 11 is 1.23. The number of hydrogen-bond acceptors (Lipinski definition) is 6.